The summed E-state index contributed by atoms with van der Waals surface area (Å²) in [5.74, 6) is -0.907. The van der Waals surface area contributed by atoms with Gasteiger partial charge in [0.05, 0.1) is 6.61 Å². The van der Waals surface area contributed by atoms with E-state index in [1.807, 2.05) is 0 Å². The van der Waals surface area contributed by atoms with E-state index in [9.17, 15) is 14.2 Å². The van der Waals surface area contributed by atoms with Crippen molar-refractivity contribution in [3.63, 3.8) is 0 Å². The van der Waals surface area contributed by atoms with Crippen LogP contribution in [0.25, 0.3) is 0 Å². The minimum Gasteiger partial charge on any atom is -0.462 e. The van der Waals surface area contributed by atoms with E-state index in [-0.39, 0.29) is 19.4 Å². The Labute approximate surface area is 281 Å². The molecule has 0 fully saturated rings. The van der Waals surface area contributed by atoms with Gasteiger partial charge in [0.15, 0.2) is 6.10 Å². The van der Waals surface area contributed by atoms with Crippen molar-refractivity contribution in [2.24, 2.45) is 0 Å². The molecule has 0 bridgehead atoms. The third-order valence-electron chi connectivity index (χ3n) is 7.63. The molecular formula is C37H67O8P. The average molecular weight is 671 g/mol. The summed E-state index contributed by atoms with van der Waals surface area (Å²) in [6.07, 6.45) is 37.2. The predicted octanol–water partition coefficient (Wildman–Crippen LogP) is 10.6. The van der Waals surface area contributed by atoms with Crippen LogP contribution in [0.4, 0.5) is 0 Å². The van der Waals surface area contributed by atoms with Gasteiger partial charge in [0, 0.05) is 12.8 Å². The van der Waals surface area contributed by atoms with E-state index in [2.05, 4.69) is 54.8 Å². The van der Waals surface area contributed by atoms with E-state index >= 15 is 0 Å². The van der Waals surface area contributed by atoms with Gasteiger partial charge in [0.2, 0.25) is 0 Å². The molecule has 0 amide bonds. The second-order valence-corrected chi connectivity index (χ2v) is 13.4. The normalized spacial score (nSPS) is 12.9. The molecule has 46 heavy (non-hydrogen) atoms. The number of hydrogen-bond acceptors (Lipinski definition) is 6. The Morgan fingerprint density at radius 3 is 1.52 bits per heavy atom. The van der Waals surface area contributed by atoms with Crippen molar-refractivity contribution >= 4 is 19.8 Å². The van der Waals surface area contributed by atoms with Gasteiger partial charge in [-0.25, -0.2) is 4.57 Å². The molecule has 0 aliphatic rings. The van der Waals surface area contributed by atoms with Gasteiger partial charge in [-0.2, -0.15) is 0 Å². The number of phosphoric acid groups is 1. The molecule has 1 atom stereocenters. The van der Waals surface area contributed by atoms with E-state index in [0.29, 0.717) is 12.8 Å². The lowest BCUT2D eigenvalue weighted by atomic mass is 10.1. The van der Waals surface area contributed by atoms with Crippen molar-refractivity contribution in [2.75, 3.05) is 13.2 Å². The molecule has 2 N–H and O–H groups in total. The monoisotopic (exact) mass is 670 g/mol. The molecule has 0 unspecified atom stereocenters. The largest absolute Gasteiger partial charge is 0.469 e. The van der Waals surface area contributed by atoms with Crippen LogP contribution in [-0.2, 0) is 28.2 Å². The van der Waals surface area contributed by atoms with Crippen molar-refractivity contribution in [3.8, 4) is 0 Å². The highest BCUT2D eigenvalue weighted by Crippen LogP contribution is 2.36. The smallest absolute Gasteiger partial charge is 0.462 e. The van der Waals surface area contributed by atoms with Crippen LogP contribution in [0.1, 0.15) is 168 Å². The Morgan fingerprint density at radius 2 is 1.00 bits per heavy atom. The second kappa shape index (κ2) is 33.2. The molecule has 0 aromatic carbocycles. The molecule has 0 saturated heterocycles. The molecule has 0 saturated carbocycles. The Morgan fingerprint density at radius 1 is 0.565 bits per heavy atom. The highest BCUT2D eigenvalue weighted by atomic mass is 31.2. The van der Waals surface area contributed by atoms with Gasteiger partial charge in [0.1, 0.15) is 6.61 Å². The minimum absolute atomic E-state index is 0.199. The molecule has 0 aliphatic heterocycles. The van der Waals surface area contributed by atoms with Crippen LogP contribution in [0.2, 0.25) is 0 Å². The van der Waals surface area contributed by atoms with Crippen LogP contribution < -0.4 is 0 Å². The summed E-state index contributed by atoms with van der Waals surface area (Å²) in [6, 6.07) is 0. The number of rotatable bonds is 33. The number of phosphoric ester groups is 1. The highest BCUT2D eigenvalue weighted by Gasteiger charge is 2.22. The van der Waals surface area contributed by atoms with Gasteiger partial charge in [-0.1, -0.05) is 127 Å². The van der Waals surface area contributed by atoms with Crippen LogP contribution in [0.15, 0.2) is 36.5 Å². The van der Waals surface area contributed by atoms with E-state index < -0.39 is 32.5 Å². The second-order valence-electron chi connectivity index (χ2n) is 12.2. The third kappa shape index (κ3) is 35.1. The topological polar surface area (TPSA) is 119 Å². The van der Waals surface area contributed by atoms with Crippen molar-refractivity contribution < 1.29 is 37.9 Å². The lowest BCUT2D eigenvalue weighted by molar-refractivity contribution is -0.161. The number of hydrogen-bond donors (Lipinski definition) is 2. The average Bonchev–Trinajstić information content (AvgIpc) is 3.02. The molecule has 0 aromatic rings. The van der Waals surface area contributed by atoms with Crippen LogP contribution in [0.5, 0.6) is 0 Å². The fourth-order valence-corrected chi connectivity index (χ4v) is 5.21. The van der Waals surface area contributed by atoms with E-state index in [1.54, 1.807) is 0 Å². The Hall–Kier alpha value is -1.73. The Kier molecular flexibility index (Phi) is 31.9. The maximum atomic E-state index is 12.3. The zero-order chi connectivity index (χ0) is 34.0. The van der Waals surface area contributed by atoms with Crippen LogP contribution in [0, 0.1) is 0 Å². The zero-order valence-corrected chi connectivity index (χ0v) is 30.1. The van der Waals surface area contributed by atoms with E-state index in [1.165, 1.54) is 57.8 Å². The summed E-state index contributed by atoms with van der Waals surface area (Å²) in [7, 11) is -4.75. The van der Waals surface area contributed by atoms with E-state index in [0.717, 1.165) is 70.6 Å². The lowest BCUT2D eigenvalue weighted by Crippen LogP contribution is -2.29. The number of ether oxygens (including phenoxy) is 2. The van der Waals surface area contributed by atoms with Gasteiger partial charge in [-0.05, 0) is 64.2 Å². The molecule has 0 radical (unpaired) electrons. The van der Waals surface area contributed by atoms with Gasteiger partial charge in [0.25, 0.3) is 0 Å². The maximum Gasteiger partial charge on any atom is 0.469 e. The quantitative estimate of drug-likeness (QED) is 0.0306. The van der Waals surface area contributed by atoms with Gasteiger partial charge in [-0.15, -0.1) is 0 Å². The predicted molar refractivity (Wildman–Crippen MR) is 188 cm³/mol. The van der Waals surface area contributed by atoms with Crippen molar-refractivity contribution in [1.29, 1.82) is 0 Å². The molecule has 0 heterocycles. The minimum atomic E-state index is -4.75. The van der Waals surface area contributed by atoms with Gasteiger partial charge in [-0.3, -0.25) is 14.1 Å². The maximum absolute atomic E-state index is 12.3. The summed E-state index contributed by atoms with van der Waals surface area (Å²) in [4.78, 5) is 42.6. The lowest BCUT2D eigenvalue weighted by Gasteiger charge is -2.18. The first-order valence-corrected chi connectivity index (χ1v) is 19.8. The molecule has 9 heteroatoms. The molecule has 0 spiro atoms. The zero-order valence-electron chi connectivity index (χ0n) is 29.2. The first-order valence-electron chi connectivity index (χ1n) is 18.3. The Balaban J connectivity index is 3.98. The molecule has 0 aromatic heterocycles. The van der Waals surface area contributed by atoms with Crippen LogP contribution in [-0.4, -0.2) is 41.0 Å². The van der Waals surface area contributed by atoms with Crippen molar-refractivity contribution in [1.82, 2.24) is 0 Å². The molecule has 268 valence electrons. The number of carbonyl (C=O) groups excluding carboxylic acids is 2. The molecular weight excluding hydrogens is 603 g/mol. The summed E-state index contributed by atoms with van der Waals surface area (Å²) < 4.78 is 26.2. The fourth-order valence-electron chi connectivity index (χ4n) is 4.85. The van der Waals surface area contributed by atoms with Gasteiger partial charge < -0.3 is 19.3 Å². The number of carbonyl (C=O) groups is 2. The molecule has 0 aliphatic carbocycles. The first kappa shape index (κ1) is 44.3. The van der Waals surface area contributed by atoms with Crippen molar-refractivity contribution in [3.05, 3.63) is 36.5 Å². The molecule has 8 nitrogen and oxygen atoms in total. The summed E-state index contributed by atoms with van der Waals surface area (Å²) >= 11 is 0. The van der Waals surface area contributed by atoms with Crippen LogP contribution in [0.3, 0.4) is 0 Å². The first-order chi connectivity index (χ1) is 22.3. The summed E-state index contributed by atoms with van der Waals surface area (Å²) in [5.41, 5.74) is 0. The highest BCUT2D eigenvalue weighted by molar-refractivity contribution is 7.46. The summed E-state index contributed by atoms with van der Waals surface area (Å²) in [5, 5.41) is 0. The van der Waals surface area contributed by atoms with Crippen molar-refractivity contribution in [2.45, 2.75) is 174 Å². The van der Waals surface area contributed by atoms with E-state index in [4.69, 9.17) is 19.3 Å². The number of esters is 2. The molecule has 0 rings (SSSR count). The standard InChI is InChI=1S/C37H67O8P/c1-3-5-7-9-11-13-15-16-17-18-19-20-22-23-25-27-29-31-36(38)43-33-35(34-44-46(40,41)42)45-37(39)32-30-28-26-24-21-14-12-10-8-6-4-2/h10-13,16-17,35H,3-9,14-15,18-34H2,1-2H3,(H2,40,41,42)/b12-10+,13-11+,17-16+/t35-/m1/s1. The summed E-state index contributed by atoms with van der Waals surface area (Å²) in [6.45, 7) is 3.59. The third-order valence-corrected chi connectivity index (χ3v) is 8.12. The number of allylic oxidation sites excluding steroid dienone is 6. The number of unbranched alkanes of at least 4 members (excludes halogenated alkanes) is 17. The SMILES string of the molecule is CCCC/C=C/CCCCCCCC(=O)O[C@H](COC(=O)CCCCCCCCC/C=C/C/C=C/CCCCC)COP(=O)(O)O. The Bertz CT molecular complexity index is 848. The van der Waals surface area contributed by atoms with Gasteiger partial charge >= 0.3 is 19.8 Å². The van der Waals surface area contributed by atoms with Crippen LogP contribution >= 0.6 is 7.82 Å². The fraction of sp³-hybridized carbons (Fsp3) is 0.784.